The second-order valence-corrected chi connectivity index (χ2v) is 6.38. The van der Waals surface area contributed by atoms with E-state index in [4.69, 9.17) is 23.2 Å². The number of rotatable bonds is 3. The molecule has 110 valence electrons. The maximum absolute atomic E-state index is 13.7. The van der Waals surface area contributed by atoms with Crippen LogP contribution >= 0.6 is 23.2 Å². The molecule has 0 saturated heterocycles. The van der Waals surface area contributed by atoms with Crippen LogP contribution in [0.2, 0.25) is 5.02 Å². The summed E-state index contributed by atoms with van der Waals surface area (Å²) < 4.78 is 13.7. The van der Waals surface area contributed by atoms with E-state index < -0.39 is 17.3 Å². The van der Waals surface area contributed by atoms with E-state index in [1.165, 1.54) is 18.2 Å². The average Bonchev–Trinajstić information content (AvgIpc) is 2.44. The first kappa shape index (κ1) is 15.6. The Hall–Kier alpha value is -0.800. The fourth-order valence-corrected chi connectivity index (χ4v) is 3.09. The molecule has 0 aromatic heterocycles. The number of carbonyl (C=O) groups is 1. The summed E-state index contributed by atoms with van der Waals surface area (Å²) in [4.78, 5) is 12.3. The van der Waals surface area contributed by atoms with Crippen LogP contribution in [0, 0.1) is 11.7 Å². The molecule has 20 heavy (non-hydrogen) atoms. The average molecular weight is 318 g/mol. The second kappa shape index (κ2) is 6.31. The zero-order valence-electron chi connectivity index (χ0n) is 11.4. The van der Waals surface area contributed by atoms with E-state index in [1.807, 2.05) is 0 Å². The fourth-order valence-electron chi connectivity index (χ4n) is 2.59. The first-order valence-electron chi connectivity index (χ1n) is 6.79. The second-order valence-electron chi connectivity index (χ2n) is 5.67. The van der Waals surface area contributed by atoms with Crippen LogP contribution in [0.5, 0.6) is 0 Å². The molecule has 1 fully saturated rings. The van der Waals surface area contributed by atoms with Gasteiger partial charge in [-0.1, -0.05) is 18.5 Å². The Kier molecular flexibility index (Phi) is 4.92. The van der Waals surface area contributed by atoms with Crippen LogP contribution in [-0.2, 0) is 0 Å². The highest BCUT2D eigenvalue weighted by Gasteiger charge is 2.35. The number of nitrogens with one attached hydrogen (secondary N) is 1. The summed E-state index contributed by atoms with van der Waals surface area (Å²) in [6, 6.07) is 3.97. The van der Waals surface area contributed by atoms with Crippen LogP contribution in [0.1, 0.15) is 43.0 Å². The van der Waals surface area contributed by atoms with Gasteiger partial charge in [-0.25, -0.2) is 4.39 Å². The number of hydrogen-bond acceptors (Lipinski definition) is 1. The summed E-state index contributed by atoms with van der Waals surface area (Å²) in [5.41, 5.74) is -0.458. The molecule has 0 radical (unpaired) electrons. The standard InChI is InChI=1S/C15H18Cl2FNO/c1-10-4-6-15(9-16,7-5-10)19-14(20)12-8-11(17)2-3-13(12)18/h2-3,8,10H,4-7,9H2,1H3,(H,19,20). The van der Waals surface area contributed by atoms with Gasteiger partial charge in [-0.05, 0) is 49.8 Å². The number of benzene rings is 1. The SMILES string of the molecule is CC1CCC(CCl)(NC(=O)c2cc(Cl)ccc2F)CC1. The monoisotopic (exact) mass is 317 g/mol. The fraction of sp³-hybridized carbons (Fsp3) is 0.533. The maximum Gasteiger partial charge on any atom is 0.254 e. The molecule has 0 atom stereocenters. The zero-order valence-corrected chi connectivity index (χ0v) is 12.9. The van der Waals surface area contributed by atoms with Crippen LogP contribution in [-0.4, -0.2) is 17.3 Å². The number of halogens is 3. The first-order valence-corrected chi connectivity index (χ1v) is 7.70. The van der Waals surface area contributed by atoms with Crippen molar-refractivity contribution in [3.05, 3.63) is 34.6 Å². The number of amides is 1. The lowest BCUT2D eigenvalue weighted by molar-refractivity contribution is 0.0868. The van der Waals surface area contributed by atoms with E-state index in [-0.39, 0.29) is 5.56 Å². The van der Waals surface area contributed by atoms with Gasteiger partial charge in [0.15, 0.2) is 0 Å². The van der Waals surface area contributed by atoms with Crippen LogP contribution in [0.15, 0.2) is 18.2 Å². The summed E-state index contributed by atoms with van der Waals surface area (Å²) in [7, 11) is 0. The molecule has 1 aliphatic carbocycles. The van der Waals surface area contributed by atoms with Crippen LogP contribution in [0.4, 0.5) is 4.39 Å². The van der Waals surface area contributed by atoms with Crippen molar-refractivity contribution in [1.29, 1.82) is 0 Å². The Labute approximate surface area is 128 Å². The number of carbonyl (C=O) groups excluding carboxylic acids is 1. The molecule has 1 amide bonds. The minimum atomic E-state index is -0.569. The van der Waals surface area contributed by atoms with Gasteiger partial charge in [0.2, 0.25) is 0 Å². The topological polar surface area (TPSA) is 29.1 Å². The quantitative estimate of drug-likeness (QED) is 0.823. The van der Waals surface area contributed by atoms with Crippen molar-refractivity contribution in [1.82, 2.24) is 5.32 Å². The molecule has 2 nitrogen and oxygen atoms in total. The van der Waals surface area contributed by atoms with E-state index in [0.717, 1.165) is 25.7 Å². The van der Waals surface area contributed by atoms with Crippen molar-refractivity contribution < 1.29 is 9.18 Å². The molecule has 0 unspecified atom stereocenters. The smallest absolute Gasteiger partial charge is 0.254 e. The lowest BCUT2D eigenvalue weighted by Gasteiger charge is -2.38. The lowest BCUT2D eigenvalue weighted by atomic mass is 9.78. The number of alkyl halides is 1. The molecule has 1 N–H and O–H groups in total. The summed E-state index contributed by atoms with van der Waals surface area (Å²) in [6.45, 7) is 2.19. The van der Waals surface area contributed by atoms with Crippen molar-refractivity contribution in [2.75, 3.05) is 5.88 Å². The Morgan fingerprint density at radius 3 is 2.70 bits per heavy atom. The minimum absolute atomic E-state index is 0.0272. The van der Waals surface area contributed by atoms with E-state index in [1.54, 1.807) is 0 Å². The molecule has 0 bridgehead atoms. The molecule has 0 aliphatic heterocycles. The largest absolute Gasteiger partial charge is 0.345 e. The molecule has 0 spiro atoms. The van der Waals surface area contributed by atoms with Crippen molar-refractivity contribution >= 4 is 29.1 Å². The lowest BCUT2D eigenvalue weighted by Crippen LogP contribution is -2.52. The third-order valence-electron chi connectivity index (χ3n) is 4.04. The first-order chi connectivity index (χ1) is 9.46. The van der Waals surface area contributed by atoms with E-state index in [0.29, 0.717) is 16.8 Å². The molecule has 1 aromatic carbocycles. The van der Waals surface area contributed by atoms with Crippen LogP contribution < -0.4 is 5.32 Å². The minimum Gasteiger partial charge on any atom is -0.345 e. The van der Waals surface area contributed by atoms with Gasteiger partial charge in [-0.3, -0.25) is 4.79 Å². The molecule has 2 rings (SSSR count). The van der Waals surface area contributed by atoms with E-state index in [2.05, 4.69) is 12.2 Å². The van der Waals surface area contributed by atoms with Gasteiger partial charge in [0.05, 0.1) is 11.1 Å². The Morgan fingerprint density at radius 1 is 1.45 bits per heavy atom. The highest BCUT2D eigenvalue weighted by molar-refractivity contribution is 6.31. The van der Waals surface area contributed by atoms with E-state index >= 15 is 0 Å². The molecular formula is C15H18Cl2FNO. The maximum atomic E-state index is 13.7. The predicted octanol–water partition coefficient (Wildman–Crippen LogP) is 4.40. The predicted molar refractivity (Wildman–Crippen MR) is 80.0 cm³/mol. The summed E-state index contributed by atoms with van der Waals surface area (Å²) >= 11 is 11.9. The van der Waals surface area contributed by atoms with Crippen LogP contribution in [0.25, 0.3) is 0 Å². The molecule has 1 saturated carbocycles. The Bertz CT molecular complexity index is 499. The van der Waals surface area contributed by atoms with Gasteiger partial charge < -0.3 is 5.32 Å². The van der Waals surface area contributed by atoms with Gasteiger partial charge in [0.25, 0.3) is 5.91 Å². The highest BCUT2D eigenvalue weighted by atomic mass is 35.5. The highest BCUT2D eigenvalue weighted by Crippen LogP contribution is 2.33. The number of hydrogen-bond donors (Lipinski definition) is 1. The van der Waals surface area contributed by atoms with E-state index in [9.17, 15) is 9.18 Å². The molecule has 1 aromatic rings. The van der Waals surface area contributed by atoms with Gasteiger partial charge in [0.1, 0.15) is 5.82 Å². The third-order valence-corrected chi connectivity index (χ3v) is 4.79. The summed E-state index contributed by atoms with van der Waals surface area (Å²) in [5, 5.41) is 3.26. The third kappa shape index (κ3) is 3.44. The summed E-state index contributed by atoms with van der Waals surface area (Å²) in [6.07, 6.45) is 3.69. The van der Waals surface area contributed by atoms with Crippen molar-refractivity contribution in [2.45, 2.75) is 38.1 Å². The molecule has 5 heteroatoms. The Morgan fingerprint density at radius 2 is 2.10 bits per heavy atom. The van der Waals surface area contributed by atoms with Crippen LogP contribution in [0.3, 0.4) is 0 Å². The molecule has 0 heterocycles. The van der Waals surface area contributed by atoms with Crippen molar-refractivity contribution in [3.8, 4) is 0 Å². The normalized spacial score (nSPS) is 26.3. The van der Waals surface area contributed by atoms with Crippen molar-refractivity contribution in [3.63, 3.8) is 0 Å². The molecule has 1 aliphatic rings. The van der Waals surface area contributed by atoms with Gasteiger partial charge in [-0.15, -0.1) is 11.6 Å². The van der Waals surface area contributed by atoms with Crippen molar-refractivity contribution in [2.24, 2.45) is 5.92 Å². The zero-order chi connectivity index (χ0) is 14.8. The Balaban J connectivity index is 2.15. The molecular weight excluding hydrogens is 300 g/mol. The summed E-state index contributed by atoms with van der Waals surface area (Å²) in [5.74, 6) is -0.0275. The van der Waals surface area contributed by atoms with Gasteiger partial charge >= 0.3 is 0 Å². The van der Waals surface area contributed by atoms with Gasteiger partial charge in [-0.2, -0.15) is 0 Å². The van der Waals surface area contributed by atoms with Gasteiger partial charge in [0, 0.05) is 10.9 Å².